The van der Waals surface area contributed by atoms with Gasteiger partial charge in [-0.2, -0.15) is 0 Å². The van der Waals surface area contributed by atoms with Crippen LogP contribution in [0, 0.1) is 0 Å². The van der Waals surface area contributed by atoms with E-state index in [1.54, 1.807) is 11.9 Å². The van der Waals surface area contributed by atoms with E-state index in [0.717, 1.165) is 16.9 Å². The van der Waals surface area contributed by atoms with Crippen LogP contribution in [0.3, 0.4) is 0 Å². The Bertz CT molecular complexity index is 1330. The van der Waals surface area contributed by atoms with Gasteiger partial charge in [0.2, 0.25) is 5.91 Å². The number of carbonyl (C=O) groups excluding carboxylic acids is 3. The van der Waals surface area contributed by atoms with Gasteiger partial charge in [0.25, 0.3) is 5.91 Å². The van der Waals surface area contributed by atoms with Crippen LogP contribution >= 0.6 is 0 Å². The van der Waals surface area contributed by atoms with Crippen molar-refractivity contribution in [1.82, 2.24) is 9.88 Å². The molecule has 0 aliphatic carbocycles. The van der Waals surface area contributed by atoms with Crippen LogP contribution in [-0.2, 0) is 14.3 Å². The molecule has 1 aromatic heterocycles. The number of nitrogens with one attached hydrogen (secondary N) is 2. The molecule has 0 unspecified atom stereocenters. The van der Waals surface area contributed by atoms with Crippen molar-refractivity contribution in [2.75, 3.05) is 50.3 Å². The molecule has 0 bridgehead atoms. The molecule has 0 fully saturated rings. The van der Waals surface area contributed by atoms with Crippen LogP contribution in [0.1, 0.15) is 21.6 Å². The average Bonchev–Trinajstić information content (AvgIpc) is 3.21. The van der Waals surface area contributed by atoms with Gasteiger partial charge < -0.3 is 25.2 Å². The number of benzene rings is 2. The highest BCUT2D eigenvalue weighted by atomic mass is 16.5. The van der Waals surface area contributed by atoms with Gasteiger partial charge in [0.05, 0.1) is 30.6 Å². The molecule has 9 heteroatoms. The summed E-state index contributed by atoms with van der Waals surface area (Å²) in [6.07, 6.45) is 1.49. The zero-order chi connectivity index (χ0) is 25.8. The lowest BCUT2D eigenvalue weighted by Gasteiger charge is -2.20. The summed E-state index contributed by atoms with van der Waals surface area (Å²) in [5.74, 6) is -0.920. The van der Waals surface area contributed by atoms with E-state index < -0.39 is 5.97 Å². The highest BCUT2D eigenvalue weighted by molar-refractivity contribution is 6.37. The molecular weight excluding hydrogens is 458 g/mol. The number of fused-ring (bicyclic) bond motifs is 1. The summed E-state index contributed by atoms with van der Waals surface area (Å²) in [5.41, 5.74) is 4.45. The third-order valence-corrected chi connectivity index (χ3v) is 5.71. The Morgan fingerprint density at radius 3 is 2.36 bits per heavy atom. The number of hydrogen-bond acceptors (Lipinski definition) is 7. The Labute approximate surface area is 209 Å². The second-order valence-electron chi connectivity index (χ2n) is 8.54. The van der Waals surface area contributed by atoms with Crippen LogP contribution < -0.4 is 15.5 Å². The van der Waals surface area contributed by atoms with E-state index in [1.807, 2.05) is 73.6 Å². The molecule has 0 spiro atoms. The minimum Gasteiger partial charge on any atom is -0.464 e. The van der Waals surface area contributed by atoms with Gasteiger partial charge in [0, 0.05) is 30.2 Å². The molecule has 9 nitrogen and oxygen atoms in total. The van der Waals surface area contributed by atoms with E-state index in [1.165, 1.54) is 19.4 Å². The van der Waals surface area contributed by atoms with Crippen molar-refractivity contribution in [2.45, 2.75) is 0 Å². The first-order valence-electron chi connectivity index (χ1n) is 11.3. The molecule has 4 rings (SSSR count). The molecule has 0 saturated heterocycles. The highest BCUT2D eigenvalue weighted by Gasteiger charge is 2.30. The maximum absolute atomic E-state index is 13.1. The number of likely N-dealkylation sites (N-methyl/N-ethyl adjacent to an activating group) is 2. The molecule has 0 radical (unpaired) electrons. The SMILES string of the molecule is COC(=O)c1cc2c(cn1)C(=C(Nc1ccc(N(C)C(=O)CN(C)C)cc1)c1ccccc1)C(=O)N2. The van der Waals surface area contributed by atoms with Crippen LogP contribution in [0.2, 0.25) is 0 Å². The van der Waals surface area contributed by atoms with Crippen molar-refractivity contribution in [3.63, 3.8) is 0 Å². The van der Waals surface area contributed by atoms with Gasteiger partial charge in [0.15, 0.2) is 0 Å². The number of hydrogen-bond donors (Lipinski definition) is 2. The summed E-state index contributed by atoms with van der Waals surface area (Å²) in [7, 11) is 6.71. The fourth-order valence-corrected chi connectivity index (χ4v) is 3.85. The molecule has 2 amide bonds. The molecule has 0 saturated carbocycles. The highest BCUT2D eigenvalue weighted by Crippen LogP contribution is 2.37. The first-order valence-corrected chi connectivity index (χ1v) is 11.3. The number of pyridine rings is 1. The average molecular weight is 486 g/mol. The lowest BCUT2D eigenvalue weighted by molar-refractivity contribution is -0.119. The number of ether oxygens (including phenoxy) is 1. The summed E-state index contributed by atoms with van der Waals surface area (Å²) in [4.78, 5) is 45.0. The molecule has 2 aromatic carbocycles. The fraction of sp³-hybridized carbons (Fsp3) is 0.185. The van der Waals surface area contributed by atoms with E-state index in [9.17, 15) is 14.4 Å². The normalized spacial score (nSPS) is 13.6. The van der Waals surface area contributed by atoms with Gasteiger partial charge >= 0.3 is 5.97 Å². The van der Waals surface area contributed by atoms with Crippen molar-refractivity contribution in [2.24, 2.45) is 0 Å². The van der Waals surface area contributed by atoms with E-state index in [4.69, 9.17) is 4.74 Å². The molecule has 3 aromatic rings. The summed E-state index contributed by atoms with van der Waals surface area (Å²) in [6, 6.07) is 18.4. The summed E-state index contributed by atoms with van der Waals surface area (Å²) in [6.45, 7) is 0.307. The van der Waals surface area contributed by atoms with Gasteiger partial charge in [0.1, 0.15) is 5.69 Å². The number of rotatable bonds is 7. The summed E-state index contributed by atoms with van der Waals surface area (Å²) < 4.78 is 4.74. The van der Waals surface area contributed by atoms with Gasteiger partial charge in [-0.3, -0.25) is 9.59 Å². The molecular formula is C27H27N5O4. The molecule has 2 heterocycles. The largest absolute Gasteiger partial charge is 0.464 e. The van der Waals surface area contributed by atoms with Crippen LogP contribution in [0.25, 0.3) is 11.3 Å². The Morgan fingerprint density at radius 2 is 1.72 bits per heavy atom. The molecule has 184 valence electrons. The topological polar surface area (TPSA) is 104 Å². The lowest BCUT2D eigenvalue weighted by atomic mass is 10.0. The molecule has 0 atom stereocenters. The Morgan fingerprint density at radius 1 is 1.03 bits per heavy atom. The van der Waals surface area contributed by atoms with Crippen LogP contribution in [0.4, 0.5) is 17.1 Å². The van der Waals surface area contributed by atoms with E-state index in [2.05, 4.69) is 15.6 Å². The molecule has 36 heavy (non-hydrogen) atoms. The zero-order valence-electron chi connectivity index (χ0n) is 20.5. The number of carbonyl (C=O) groups is 3. The van der Waals surface area contributed by atoms with Gasteiger partial charge in [-0.05, 0) is 50.0 Å². The van der Waals surface area contributed by atoms with Crippen molar-refractivity contribution < 1.29 is 19.1 Å². The van der Waals surface area contributed by atoms with Gasteiger partial charge in [-0.15, -0.1) is 0 Å². The lowest BCUT2D eigenvalue weighted by Crippen LogP contribution is -2.34. The van der Waals surface area contributed by atoms with Crippen LogP contribution in [0.5, 0.6) is 0 Å². The second-order valence-corrected chi connectivity index (χ2v) is 8.54. The van der Waals surface area contributed by atoms with Crippen molar-refractivity contribution in [1.29, 1.82) is 0 Å². The Balaban J connectivity index is 1.71. The maximum Gasteiger partial charge on any atom is 0.356 e. The summed E-state index contributed by atoms with van der Waals surface area (Å²) in [5, 5.41) is 6.19. The monoisotopic (exact) mass is 485 g/mol. The Hall–Kier alpha value is -4.50. The third-order valence-electron chi connectivity index (χ3n) is 5.71. The predicted molar refractivity (Wildman–Crippen MR) is 139 cm³/mol. The Kier molecular flexibility index (Phi) is 7.12. The number of nitrogens with zero attached hydrogens (tertiary/aromatic N) is 3. The second kappa shape index (κ2) is 10.4. The number of esters is 1. The van der Waals surface area contributed by atoms with Crippen molar-refractivity contribution >= 4 is 46.1 Å². The number of aromatic nitrogens is 1. The van der Waals surface area contributed by atoms with Crippen molar-refractivity contribution in [3.8, 4) is 0 Å². The first kappa shape index (κ1) is 24.6. The minimum atomic E-state index is -0.583. The maximum atomic E-state index is 13.1. The fourth-order valence-electron chi connectivity index (χ4n) is 3.85. The van der Waals surface area contributed by atoms with Gasteiger partial charge in [-0.1, -0.05) is 30.3 Å². The predicted octanol–water partition coefficient (Wildman–Crippen LogP) is 3.33. The zero-order valence-corrected chi connectivity index (χ0v) is 20.5. The summed E-state index contributed by atoms with van der Waals surface area (Å²) >= 11 is 0. The van der Waals surface area contributed by atoms with E-state index >= 15 is 0 Å². The van der Waals surface area contributed by atoms with E-state index in [-0.39, 0.29) is 17.5 Å². The van der Waals surface area contributed by atoms with Crippen LogP contribution in [-0.4, -0.2) is 62.5 Å². The van der Waals surface area contributed by atoms with Gasteiger partial charge in [-0.25, -0.2) is 9.78 Å². The van der Waals surface area contributed by atoms with E-state index in [0.29, 0.717) is 29.1 Å². The quantitative estimate of drug-likeness (QED) is 0.391. The third kappa shape index (κ3) is 5.11. The number of amides is 2. The smallest absolute Gasteiger partial charge is 0.356 e. The first-order chi connectivity index (χ1) is 17.3. The van der Waals surface area contributed by atoms with Crippen LogP contribution in [0.15, 0.2) is 66.9 Å². The van der Waals surface area contributed by atoms with Crippen molar-refractivity contribution in [3.05, 3.63) is 83.7 Å². The number of anilines is 3. The minimum absolute atomic E-state index is 0.0224. The molecule has 2 N–H and O–H groups in total. The number of methoxy groups -OCH3 is 1. The standard InChI is InChI=1S/C27H27N5O4/c1-31(2)16-23(33)32(3)19-12-10-18(11-13-19)29-25(17-8-6-5-7-9-17)24-20-15-28-22(27(35)36-4)14-21(20)30-26(24)34/h5-15,29H,16H2,1-4H3,(H,30,34). The molecule has 1 aliphatic heterocycles. The molecule has 1 aliphatic rings.